The summed E-state index contributed by atoms with van der Waals surface area (Å²) >= 11 is 0. The number of nitrogens with one attached hydrogen (secondary N) is 2. The van der Waals surface area contributed by atoms with Gasteiger partial charge in [-0.25, -0.2) is 0 Å². The van der Waals surface area contributed by atoms with Crippen LogP contribution in [0.5, 0.6) is 17.2 Å². The summed E-state index contributed by atoms with van der Waals surface area (Å²) in [6.45, 7) is 5.30. The second-order valence-electron chi connectivity index (χ2n) is 6.15. The Hall–Kier alpha value is -2.89. The van der Waals surface area contributed by atoms with Crippen molar-refractivity contribution in [1.29, 1.82) is 0 Å². The summed E-state index contributed by atoms with van der Waals surface area (Å²) in [5.74, 6) is 3.24. The summed E-state index contributed by atoms with van der Waals surface area (Å²) in [6, 6.07) is 14.0. The van der Waals surface area contributed by atoms with Gasteiger partial charge in [-0.1, -0.05) is 24.3 Å². The van der Waals surface area contributed by atoms with Crippen LogP contribution in [0.15, 0.2) is 47.5 Å². The first-order chi connectivity index (χ1) is 13.3. The fourth-order valence-corrected chi connectivity index (χ4v) is 2.85. The molecule has 0 saturated carbocycles. The molecular formula is C21H27N3O3. The van der Waals surface area contributed by atoms with Crippen LogP contribution in [-0.4, -0.2) is 32.8 Å². The molecule has 3 rings (SSSR count). The number of ether oxygens (including phenoxy) is 3. The third-order valence-corrected chi connectivity index (χ3v) is 4.21. The molecule has 0 fully saturated rings. The molecule has 0 aromatic heterocycles. The minimum Gasteiger partial charge on any atom is -0.494 e. The molecular weight excluding hydrogens is 342 g/mol. The highest BCUT2D eigenvalue weighted by atomic mass is 16.5. The van der Waals surface area contributed by atoms with Crippen molar-refractivity contribution < 1.29 is 14.2 Å². The van der Waals surface area contributed by atoms with Crippen LogP contribution < -0.4 is 24.8 Å². The van der Waals surface area contributed by atoms with E-state index >= 15 is 0 Å². The van der Waals surface area contributed by atoms with E-state index in [1.54, 1.807) is 7.05 Å². The summed E-state index contributed by atoms with van der Waals surface area (Å²) < 4.78 is 17.1. The van der Waals surface area contributed by atoms with Gasteiger partial charge in [-0.2, -0.15) is 0 Å². The molecule has 1 aliphatic rings. The monoisotopic (exact) mass is 369 g/mol. The Bertz CT molecular complexity index is 777. The molecule has 0 unspecified atom stereocenters. The summed E-state index contributed by atoms with van der Waals surface area (Å²) in [6.07, 6.45) is 0.905. The van der Waals surface area contributed by atoms with Gasteiger partial charge in [0.25, 0.3) is 0 Å². The topological polar surface area (TPSA) is 64.1 Å². The lowest BCUT2D eigenvalue weighted by Gasteiger charge is -2.15. The van der Waals surface area contributed by atoms with Gasteiger partial charge in [0.05, 0.1) is 19.8 Å². The molecule has 2 aromatic carbocycles. The zero-order valence-electron chi connectivity index (χ0n) is 16.0. The number of aliphatic imine (C=N–C) groups is 1. The van der Waals surface area contributed by atoms with Crippen molar-refractivity contribution in [1.82, 2.24) is 10.6 Å². The summed E-state index contributed by atoms with van der Waals surface area (Å²) in [4.78, 5) is 4.29. The molecule has 0 aliphatic carbocycles. The van der Waals surface area contributed by atoms with Gasteiger partial charge < -0.3 is 24.8 Å². The lowest BCUT2D eigenvalue weighted by molar-refractivity contribution is 0.297. The van der Waals surface area contributed by atoms with E-state index in [2.05, 4.69) is 21.7 Å². The third-order valence-electron chi connectivity index (χ3n) is 4.21. The van der Waals surface area contributed by atoms with Gasteiger partial charge in [0.1, 0.15) is 5.75 Å². The Morgan fingerprint density at radius 2 is 1.81 bits per heavy atom. The van der Waals surface area contributed by atoms with Crippen molar-refractivity contribution in [2.24, 2.45) is 4.99 Å². The maximum Gasteiger partial charge on any atom is 0.191 e. The minimum absolute atomic E-state index is 0.636. The summed E-state index contributed by atoms with van der Waals surface area (Å²) in [5.41, 5.74) is 2.20. The zero-order chi connectivity index (χ0) is 18.9. The van der Waals surface area contributed by atoms with E-state index in [0.717, 1.165) is 40.8 Å². The van der Waals surface area contributed by atoms with Gasteiger partial charge in [0.2, 0.25) is 0 Å². The van der Waals surface area contributed by atoms with Gasteiger partial charge >= 0.3 is 0 Å². The van der Waals surface area contributed by atoms with Crippen molar-refractivity contribution in [2.75, 3.05) is 26.9 Å². The van der Waals surface area contributed by atoms with Crippen LogP contribution in [0.3, 0.4) is 0 Å². The van der Waals surface area contributed by atoms with Crippen LogP contribution in [0.25, 0.3) is 0 Å². The highest BCUT2D eigenvalue weighted by molar-refractivity contribution is 5.79. The standard InChI is InChI=1S/C21H27N3O3/c1-3-25-18-8-5-4-7-17(18)15-24-21(22-2)23-14-16-9-10-19-20(13-16)27-12-6-11-26-19/h4-5,7-10,13H,3,6,11-12,14-15H2,1-2H3,(H2,22,23,24). The highest BCUT2D eigenvalue weighted by Gasteiger charge is 2.11. The van der Waals surface area contributed by atoms with Crippen LogP contribution >= 0.6 is 0 Å². The van der Waals surface area contributed by atoms with Crippen molar-refractivity contribution in [3.8, 4) is 17.2 Å². The number of guanidine groups is 1. The predicted molar refractivity (Wildman–Crippen MR) is 107 cm³/mol. The Labute approximate surface area is 160 Å². The second-order valence-corrected chi connectivity index (χ2v) is 6.15. The smallest absolute Gasteiger partial charge is 0.191 e. The Kier molecular flexibility index (Phi) is 6.79. The molecule has 0 saturated heterocycles. The van der Waals surface area contributed by atoms with Crippen molar-refractivity contribution in [3.05, 3.63) is 53.6 Å². The average Bonchev–Trinajstić information content (AvgIpc) is 2.94. The van der Waals surface area contributed by atoms with E-state index in [1.807, 2.05) is 43.3 Å². The molecule has 27 heavy (non-hydrogen) atoms. The van der Waals surface area contributed by atoms with Gasteiger partial charge in [0, 0.05) is 32.1 Å². The molecule has 0 bridgehead atoms. The maximum atomic E-state index is 5.75. The second kappa shape index (κ2) is 9.71. The molecule has 2 aromatic rings. The maximum absolute atomic E-state index is 5.75. The zero-order valence-corrected chi connectivity index (χ0v) is 16.0. The largest absolute Gasteiger partial charge is 0.494 e. The Morgan fingerprint density at radius 3 is 2.63 bits per heavy atom. The quantitative estimate of drug-likeness (QED) is 0.605. The van der Waals surface area contributed by atoms with E-state index in [0.29, 0.717) is 32.9 Å². The van der Waals surface area contributed by atoms with Gasteiger partial charge in [-0.3, -0.25) is 4.99 Å². The highest BCUT2D eigenvalue weighted by Crippen LogP contribution is 2.30. The fraction of sp³-hybridized carbons (Fsp3) is 0.381. The van der Waals surface area contributed by atoms with E-state index in [-0.39, 0.29) is 0 Å². The number of nitrogens with zero attached hydrogens (tertiary/aromatic N) is 1. The SMILES string of the molecule is CCOc1ccccc1CNC(=NC)NCc1ccc2c(c1)OCCCO2. The van der Waals surface area contributed by atoms with Crippen LogP contribution in [-0.2, 0) is 13.1 Å². The molecule has 0 spiro atoms. The molecule has 0 amide bonds. The molecule has 1 heterocycles. The number of hydrogen-bond donors (Lipinski definition) is 2. The first-order valence-electron chi connectivity index (χ1n) is 9.34. The normalized spacial score (nSPS) is 13.6. The number of fused-ring (bicyclic) bond motifs is 1. The number of rotatable bonds is 6. The van der Waals surface area contributed by atoms with Gasteiger partial charge in [-0.05, 0) is 30.7 Å². The van der Waals surface area contributed by atoms with E-state index in [9.17, 15) is 0 Å². The minimum atomic E-state index is 0.636. The first-order valence-corrected chi connectivity index (χ1v) is 9.34. The third kappa shape index (κ3) is 5.29. The van der Waals surface area contributed by atoms with Gasteiger partial charge in [-0.15, -0.1) is 0 Å². The number of benzene rings is 2. The molecule has 6 heteroatoms. The molecule has 2 N–H and O–H groups in total. The summed E-state index contributed by atoms with van der Waals surface area (Å²) in [5, 5.41) is 6.66. The summed E-state index contributed by atoms with van der Waals surface area (Å²) in [7, 11) is 1.76. The van der Waals surface area contributed by atoms with Gasteiger partial charge in [0.15, 0.2) is 17.5 Å². The fourth-order valence-electron chi connectivity index (χ4n) is 2.85. The Balaban J connectivity index is 1.56. The van der Waals surface area contributed by atoms with Crippen molar-refractivity contribution in [2.45, 2.75) is 26.4 Å². The van der Waals surface area contributed by atoms with Crippen molar-refractivity contribution in [3.63, 3.8) is 0 Å². The van der Waals surface area contributed by atoms with Crippen LogP contribution in [0.1, 0.15) is 24.5 Å². The van der Waals surface area contributed by atoms with Crippen molar-refractivity contribution >= 4 is 5.96 Å². The van der Waals surface area contributed by atoms with E-state index in [4.69, 9.17) is 14.2 Å². The number of para-hydroxylation sites is 1. The molecule has 0 radical (unpaired) electrons. The van der Waals surface area contributed by atoms with Crippen LogP contribution in [0, 0.1) is 0 Å². The lowest BCUT2D eigenvalue weighted by Crippen LogP contribution is -2.36. The molecule has 6 nitrogen and oxygen atoms in total. The molecule has 0 atom stereocenters. The number of hydrogen-bond acceptors (Lipinski definition) is 4. The van der Waals surface area contributed by atoms with Crippen LogP contribution in [0.4, 0.5) is 0 Å². The predicted octanol–water partition coefficient (Wildman–Crippen LogP) is 3.11. The Morgan fingerprint density at radius 1 is 1.04 bits per heavy atom. The lowest BCUT2D eigenvalue weighted by atomic mass is 10.2. The van der Waals surface area contributed by atoms with Crippen LogP contribution in [0.2, 0.25) is 0 Å². The average molecular weight is 369 g/mol. The van der Waals surface area contributed by atoms with E-state index in [1.165, 1.54) is 0 Å². The first kappa shape index (κ1) is 18.9. The molecule has 144 valence electrons. The molecule has 1 aliphatic heterocycles. The van der Waals surface area contributed by atoms with E-state index < -0.39 is 0 Å².